The normalized spacial score (nSPS) is 9.62. The Morgan fingerprint density at radius 1 is 1.62 bits per heavy atom. The van der Waals surface area contributed by atoms with E-state index < -0.39 is 22.1 Å². The van der Waals surface area contributed by atoms with Crippen LogP contribution in [0.2, 0.25) is 5.15 Å². The highest BCUT2D eigenvalue weighted by atomic mass is 35.5. The van der Waals surface area contributed by atoms with Crippen molar-refractivity contribution in [3.05, 3.63) is 33.1 Å². The molecule has 0 N–H and O–H groups in total. The van der Waals surface area contributed by atoms with Gasteiger partial charge in [0.05, 0.1) is 10.9 Å². The molecule has 0 unspecified atom stereocenters. The highest BCUT2D eigenvalue weighted by Crippen LogP contribution is 2.17. The van der Waals surface area contributed by atoms with Crippen LogP contribution in [0.5, 0.6) is 0 Å². The fraction of sp³-hybridized carbons (Fsp3) is 0. The van der Waals surface area contributed by atoms with Crippen LogP contribution in [0.4, 0.5) is 5.69 Å². The predicted molar refractivity (Wildman–Crippen MR) is 40.2 cm³/mol. The molecule has 0 saturated carbocycles. The summed E-state index contributed by atoms with van der Waals surface area (Å²) in [5, 5.41) is 20.2. The summed E-state index contributed by atoms with van der Waals surface area (Å²) in [4.78, 5) is 23.1. The van der Waals surface area contributed by atoms with Crippen LogP contribution in [0.15, 0.2) is 12.3 Å². The van der Waals surface area contributed by atoms with Gasteiger partial charge in [0.2, 0.25) is 0 Å². The summed E-state index contributed by atoms with van der Waals surface area (Å²) in [6, 6.07) is 0.796. The van der Waals surface area contributed by atoms with Crippen LogP contribution in [-0.2, 0) is 0 Å². The number of carbonyl (C=O) groups excluding carboxylic acids is 1. The molecule has 1 rings (SSSR count). The lowest BCUT2D eigenvalue weighted by Crippen LogP contribution is -2.23. The van der Waals surface area contributed by atoms with Gasteiger partial charge in [-0.05, 0) is 0 Å². The summed E-state index contributed by atoms with van der Waals surface area (Å²) in [5.41, 5.74) is -0.931. The van der Waals surface area contributed by atoms with E-state index in [1.165, 1.54) is 0 Å². The van der Waals surface area contributed by atoms with E-state index in [9.17, 15) is 20.0 Å². The molecular weight excluding hydrogens is 200 g/mol. The molecule has 0 spiro atoms. The SMILES string of the molecule is O=C([O-])c1cc([N+](=O)[O-])cnc1Cl. The van der Waals surface area contributed by atoms with Crippen LogP contribution in [0.1, 0.15) is 10.4 Å². The fourth-order valence-electron chi connectivity index (χ4n) is 0.680. The Bertz CT molecular complexity index is 379. The summed E-state index contributed by atoms with van der Waals surface area (Å²) in [6.07, 6.45) is 0.870. The molecule has 0 aliphatic heterocycles. The maximum Gasteiger partial charge on any atom is 0.288 e. The van der Waals surface area contributed by atoms with Gasteiger partial charge in [-0.15, -0.1) is 0 Å². The van der Waals surface area contributed by atoms with E-state index in [4.69, 9.17) is 11.6 Å². The lowest BCUT2D eigenvalue weighted by Gasteiger charge is -2.02. The third kappa shape index (κ3) is 1.91. The van der Waals surface area contributed by atoms with Crippen molar-refractivity contribution in [1.29, 1.82) is 0 Å². The second-order valence-electron chi connectivity index (χ2n) is 2.08. The zero-order valence-electron chi connectivity index (χ0n) is 6.06. The van der Waals surface area contributed by atoms with E-state index in [0.717, 1.165) is 12.3 Å². The van der Waals surface area contributed by atoms with Gasteiger partial charge < -0.3 is 9.90 Å². The Morgan fingerprint density at radius 3 is 2.69 bits per heavy atom. The largest absolute Gasteiger partial charge is 0.545 e. The van der Waals surface area contributed by atoms with E-state index in [0.29, 0.717) is 0 Å². The Kier molecular flexibility index (Phi) is 2.43. The molecule has 0 bridgehead atoms. The minimum Gasteiger partial charge on any atom is -0.545 e. The van der Waals surface area contributed by atoms with Crippen molar-refractivity contribution in [2.45, 2.75) is 0 Å². The lowest BCUT2D eigenvalue weighted by molar-refractivity contribution is -0.385. The van der Waals surface area contributed by atoms with Crippen molar-refractivity contribution in [2.75, 3.05) is 0 Å². The van der Waals surface area contributed by atoms with Crippen LogP contribution < -0.4 is 5.11 Å². The molecule has 0 aromatic carbocycles. The zero-order chi connectivity index (χ0) is 10.0. The number of nitrogens with zero attached hydrogens (tertiary/aromatic N) is 2. The van der Waals surface area contributed by atoms with Crippen molar-refractivity contribution in [2.24, 2.45) is 0 Å². The number of carboxylic acid groups (broad SMARTS) is 1. The molecule has 1 aromatic rings. The smallest absolute Gasteiger partial charge is 0.288 e. The molecule has 0 amide bonds. The molecule has 13 heavy (non-hydrogen) atoms. The van der Waals surface area contributed by atoms with E-state index in [1.807, 2.05) is 0 Å². The summed E-state index contributed by atoms with van der Waals surface area (Å²) in [6.45, 7) is 0. The Hall–Kier alpha value is -1.69. The molecule has 0 radical (unpaired) electrons. The van der Waals surface area contributed by atoms with Gasteiger partial charge >= 0.3 is 0 Å². The molecule has 0 aliphatic rings. The Balaban J connectivity index is 3.27. The summed E-state index contributed by atoms with van der Waals surface area (Å²) >= 11 is 5.34. The predicted octanol–water partition coefficient (Wildman–Crippen LogP) is 0.00670. The maximum atomic E-state index is 10.3. The van der Waals surface area contributed by atoms with Gasteiger partial charge in [-0.2, -0.15) is 0 Å². The lowest BCUT2D eigenvalue weighted by atomic mass is 10.3. The number of aromatic nitrogens is 1. The molecule has 68 valence electrons. The number of nitro groups is 1. The second kappa shape index (κ2) is 3.36. The molecule has 7 heteroatoms. The summed E-state index contributed by atoms with van der Waals surface area (Å²) in [7, 11) is 0. The number of rotatable bonds is 2. The van der Waals surface area contributed by atoms with Crippen molar-refractivity contribution in [3.8, 4) is 0 Å². The van der Waals surface area contributed by atoms with Gasteiger partial charge in [0.1, 0.15) is 11.3 Å². The van der Waals surface area contributed by atoms with Crippen LogP contribution in [-0.4, -0.2) is 15.9 Å². The monoisotopic (exact) mass is 201 g/mol. The first-order valence-corrected chi connectivity index (χ1v) is 3.41. The van der Waals surface area contributed by atoms with Gasteiger partial charge in [-0.1, -0.05) is 11.6 Å². The van der Waals surface area contributed by atoms with Gasteiger partial charge in [0.15, 0.2) is 0 Å². The minimum atomic E-state index is -1.60. The topological polar surface area (TPSA) is 96.2 Å². The molecule has 6 nitrogen and oxygen atoms in total. The number of hydrogen-bond acceptors (Lipinski definition) is 5. The fourth-order valence-corrected chi connectivity index (χ4v) is 0.861. The van der Waals surface area contributed by atoms with Gasteiger partial charge in [-0.3, -0.25) is 10.1 Å². The molecule has 1 heterocycles. The average molecular weight is 202 g/mol. The molecular formula is C6H2ClN2O4-. The van der Waals surface area contributed by atoms with Crippen molar-refractivity contribution in [3.63, 3.8) is 0 Å². The van der Waals surface area contributed by atoms with E-state index in [2.05, 4.69) is 4.98 Å². The zero-order valence-corrected chi connectivity index (χ0v) is 6.82. The van der Waals surface area contributed by atoms with Gasteiger partial charge in [0.25, 0.3) is 5.69 Å². The quantitative estimate of drug-likeness (QED) is 0.381. The Labute approximate surface area is 76.9 Å². The number of halogens is 1. The van der Waals surface area contributed by atoms with Crippen molar-refractivity contribution >= 4 is 23.3 Å². The van der Waals surface area contributed by atoms with Crippen LogP contribution >= 0.6 is 11.6 Å². The summed E-state index contributed by atoms with van der Waals surface area (Å²) < 4.78 is 0. The van der Waals surface area contributed by atoms with E-state index in [-0.39, 0.29) is 5.15 Å². The van der Waals surface area contributed by atoms with Crippen molar-refractivity contribution in [1.82, 2.24) is 4.98 Å². The number of carbonyl (C=O) groups is 1. The Morgan fingerprint density at radius 2 is 2.23 bits per heavy atom. The maximum absolute atomic E-state index is 10.3. The first-order chi connectivity index (χ1) is 6.02. The van der Waals surface area contributed by atoms with E-state index in [1.54, 1.807) is 0 Å². The molecule has 0 aliphatic carbocycles. The first kappa shape index (κ1) is 9.40. The molecule has 0 atom stereocenters. The molecule has 0 fully saturated rings. The molecule has 0 saturated heterocycles. The number of carboxylic acids is 1. The number of pyridine rings is 1. The average Bonchev–Trinajstić information content (AvgIpc) is 2.04. The van der Waals surface area contributed by atoms with Crippen molar-refractivity contribution < 1.29 is 14.8 Å². The van der Waals surface area contributed by atoms with Crippen LogP contribution in [0.25, 0.3) is 0 Å². The number of hydrogen-bond donors (Lipinski definition) is 0. The summed E-state index contributed by atoms with van der Waals surface area (Å²) in [5.74, 6) is -1.60. The second-order valence-corrected chi connectivity index (χ2v) is 2.43. The third-order valence-corrected chi connectivity index (χ3v) is 1.56. The van der Waals surface area contributed by atoms with Gasteiger partial charge in [0, 0.05) is 11.6 Å². The standard InChI is InChI=1S/C6H3ClN2O4/c7-5-4(6(10)11)1-3(2-8-5)9(12)13/h1-2H,(H,10,11)/p-1. The van der Waals surface area contributed by atoms with Crippen LogP contribution in [0, 0.1) is 10.1 Å². The third-order valence-electron chi connectivity index (χ3n) is 1.26. The highest BCUT2D eigenvalue weighted by molar-refractivity contribution is 6.32. The molecule has 1 aromatic heterocycles. The van der Waals surface area contributed by atoms with Gasteiger partial charge in [-0.25, -0.2) is 4.98 Å². The van der Waals surface area contributed by atoms with E-state index >= 15 is 0 Å². The minimum absolute atomic E-state index is 0.328. The highest BCUT2D eigenvalue weighted by Gasteiger charge is 2.11. The first-order valence-electron chi connectivity index (χ1n) is 3.03. The number of aromatic carboxylic acids is 1. The van der Waals surface area contributed by atoms with Crippen LogP contribution in [0.3, 0.4) is 0 Å².